The maximum Gasteiger partial charge on any atom is 0.337 e. The summed E-state index contributed by atoms with van der Waals surface area (Å²) in [5.41, 5.74) is 2.94. The number of anilines is 2. The minimum absolute atomic E-state index is 0.0184. The molecule has 1 N–H and O–H groups in total. The lowest BCUT2D eigenvalue weighted by Gasteiger charge is -2.24. The first-order valence-corrected chi connectivity index (χ1v) is 12.4. The molecule has 10 heteroatoms. The van der Waals surface area contributed by atoms with E-state index in [1.807, 2.05) is 18.2 Å². The molecule has 3 aromatic carbocycles. The third-order valence-electron chi connectivity index (χ3n) is 6.33. The number of carbonyl (C=O) groups excluding carboxylic acids is 2. The maximum absolute atomic E-state index is 14.3. The number of para-hydroxylation sites is 1. The Balaban J connectivity index is 1.22. The van der Waals surface area contributed by atoms with Crippen molar-refractivity contribution in [2.24, 2.45) is 0 Å². The number of rotatable bonds is 8. The van der Waals surface area contributed by atoms with Gasteiger partial charge in [-0.1, -0.05) is 29.8 Å². The number of esters is 1. The number of nitrogens with zero attached hydrogens (tertiary/aromatic N) is 2. The predicted molar refractivity (Wildman–Crippen MR) is 141 cm³/mol. The van der Waals surface area contributed by atoms with Crippen molar-refractivity contribution in [3.05, 3.63) is 82.9 Å². The van der Waals surface area contributed by atoms with E-state index < -0.39 is 18.2 Å². The van der Waals surface area contributed by atoms with E-state index in [0.29, 0.717) is 33.1 Å². The highest BCUT2D eigenvalue weighted by Crippen LogP contribution is 2.28. The standard InChI is InChI=1S/C28H25ClFN3O5/c1-36-27(35)18-7-9-21(10-8-18)37-16-20-14-19(30)15-33(20)26(34)13-17-6-11-24-25(12-17)38-28(32-24)31-23-5-3-2-4-22(23)29/h2-12,19-20H,13-16H2,1H3,(H,31,32)/t19-,20-/m0/s1. The van der Waals surface area contributed by atoms with Crippen molar-refractivity contribution in [1.82, 2.24) is 9.88 Å². The van der Waals surface area contributed by atoms with Crippen molar-refractivity contribution >= 4 is 46.3 Å². The number of fused-ring (bicyclic) bond motifs is 1. The van der Waals surface area contributed by atoms with Crippen LogP contribution < -0.4 is 10.1 Å². The van der Waals surface area contributed by atoms with Crippen molar-refractivity contribution < 1.29 is 27.9 Å². The number of aromatic nitrogens is 1. The molecule has 1 aliphatic heterocycles. The highest BCUT2D eigenvalue weighted by molar-refractivity contribution is 6.33. The van der Waals surface area contributed by atoms with Crippen molar-refractivity contribution in [3.63, 3.8) is 0 Å². The first-order valence-electron chi connectivity index (χ1n) is 12.1. The van der Waals surface area contributed by atoms with Crippen molar-refractivity contribution in [2.75, 3.05) is 25.6 Å². The molecule has 0 bridgehead atoms. The van der Waals surface area contributed by atoms with Crippen LogP contribution in [0.5, 0.6) is 5.75 Å². The van der Waals surface area contributed by atoms with E-state index in [2.05, 4.69) is 15.0 Å². The molecule has 2 atom stereocenters. The summed E-state index contributed by atoms with van der Waals surface area (Å²) in [4.78, 5) is 30.7. The van der Waals surface area contributed by atoms with Gasteiger partial charge in [-0.25, -0.2) is 9.18 Å². The molecule has 1 saturated heterocycles. The molecule has 196 valence electrons. The lowest BCUT2D eigenvalue weighted by molar-refractivity contribution is -0.132. The molecule has 0 unspecified atom stereocenters. The van der Waals surface area contributed by atoms with Crippen LogP contribution in [-0.4, -0.2) is 54.2 Å². The second kappa shape index (κ2) is 11.1. The molecule has 38 heavy (non-hydrogen) atoms. The minimum atomic E-state index is -1.12. The Hall–Kier alpha value is -4.11. The smallest absolute Gasteiger partial charge is 0.337 e. The monoisotopic (exact) mass is 537 g/mol. The van der Waals surface area contributed by atoms with Gasteiger partial charge in [0.05, 0.1) is 42.4 Å². The summed E-state index contributed by atoms with van der Waals surface area (Å²) in [5, 5.41) is 3.59. The van der Waals surface area contributed by atoms with Crippen LogP contribution in [0.2, 0.25) is 5.02 Å². The normalized spacial score (nSPS) is 17.0. The lowest BCUT2D eigenvalue weighted by atomic mass is 10.1. The molecular formula is C28H25ClFN3O5. The second-order valence-electron chi connectivity index (χ2n) is 8.96. The highest BCUT2D eigenvalue weighted by Gasteiger charge is 2.35. The van der Waals surface area contributed by atoms with Crippen LogP contribution in [-0.2, 0) is 16.0 Å². The zero-order valence-corrected chi connectivity index (χ0v) is 21.3. The molecule has 0 aliphatic carbocycles. The van der Waals surface area contributed by atoms with E-state index in [1.54, 1.807) is 48.5 Å². The van der Waals surface area contributed by atoms with Crippen molar-refractivity contribution in [1.29, 1.82) is 0 Å². The number of hydrogen-bond donors (Lipinski definition) is 1. The van der Waals surface area contributed by atoms with Crippen molar-refractivity contribution in [3.8, 4) is 5.75 Å². The van der Waals surface area contributed by atoms with Crippen LogP contribution in [0.25, 0.3) is 11.1 Å². The number of ether oxygens (including phenoxy) is 2. The van der Waals surface area contributed by atoms with E-state index >= 15 is 0 Å². The lowest BCUT2D eigenvalue weighted by Crippen LogP contribution is -2.40. The number of methoxy groups -OCH3 is 1. The maximum atomic E-state index is 14.3. The summed E-state index contributed by atoms with van der Waals surface area (Å²) in [6.45, 7) is 0.159. The van der Waals surface area contributed by atoms with Crippen LogP contribution in [0.15, 0.2) is 71.1 Å². The van der Waals surface area contributed by atoms with E-state index in [0.717, 1.165) is 5.56 Å². The SMILES string of the molecule is COC(=O)c1ccc(OC[C@@H]2C[C@H](F)CN2C(=O)Cc2ccc3nc(Nc4ccccc4Cl)oc3c2)cc1. The molecule has 1 aliphatic rings. The van der Waals surface area contributed by atoms with Gasteiger partial charge in [0.1, 0.15) is 24.0 Å². The predicted octanol–water partition coefficient (Wildman–Crippen LogP) is 5.57. The van der Waals surface area contributed by atoms with Crippen LogP contribution in [0, 0.1) is 0 Å². The van der Waals surface area contributed by atoms with Crippen LogP contribution in [0.3, 0.4) is 0 Å². The number of amides is 1. The third-order valence-corrected chi connectivity index (χ3v) is 6.65. The number of hydrogen-bond acceptors (Lipinski definition) is 7. The summed E-state index contributed by atoms with van der Waals surface area (Å²) in [6.07, 6.45) is -0.838. The van der Waals surface area contributed by atoms with Crippen LogP contribution in [0.4, 0.5) is 16.1 Å². The Morgan fingerprint density at radius 2 is 1.95 bits per heavy atom. The molecule has 1 amide bonds. The number of nitrogens with one attached hydrogen (secondary N) is 1. The molecular weight excluding hydrogens is 513 g/mol. The van der Waals surface area contributed by atoms with E-state index in [1.165, 1.54) is 12.0 Å². The Morgan fingerprint density at radius 3 is 2.71 bits per heavy atom. The molecule has 1 aromatic heterocycles. The molecule has 0 radical (unpaired) electrons. The van der Waals surface area contributed by atoms with Gasteiger partial charge in [0.15, 0.2) is 5.58 Å². The van der Waals surface area contributed by atoms with E-state index in [-0.39, 0.29) is 37.9 Å². The summed E-state index contributed by atoms with van der Waals surface area (Å²) in [7, 11) is 1.31. The fourth-order valence-electron chi connectivity index (χ4n) is 4.41. The first kappa shape index (κ1) is 25.5. The summed E-state index contributed by atoms with van der Waals surface area (Å²) < 4.78 is 30.6. The average Bonchev–Trinajstić information content (AvgIpc) is 3.50. The minimum Gasteiger partial charge on any atom is -0.491 e. The number of alkyl halides is 1. The number of likely N-dealkylation sites (tertiary alicyclic amines) is 1. The molecule has 8 nitrogen and oxygen atoms in total. The quantitative estimate of drug-likeness (QED) is 0.294. The number of benzene rings is 3. The zero-order valence-electron chi connectivity index (χ0n) is 20.5. The largest absolute Gasteiger partial charge is 0.491 e. The Kier molecular flexibility index (Phi) is 7.46. The van der Waals surface area contributed by atoms with Crippen LogP contribution >= 0.6 is 11.6 Å². The van der Waals surface area contributed by atoms with Gasteiger partial charge in [0, 0.05) is 6.42 Å². The number of halogens is 2. The van der Waals surface area contributed by atoms with Crippen molar-refractivity contribution in [2.45, 2.75) is 25.1 Å². The average molecular weight is 538 g/mol. The third kappa shape index (κ3) is 5.73. The second-order valence-corrected chi connectivity index (χ2v) is 9.37. The molecule has 2 heterocycles. The van der Waals surface area contributed by atoms with Gasteiger partial charge < -0.3 is 24.1 Å². The fraction of sp³-hybridized carbons (Fsp3) is 0.250. The first-order chi connectivity index (χ1) is 18.4. The van der Waals surface area contributed by atoms with Crippen LogP contribution in [0.1, 0.15) is 22.3 Å². The molecule has 0 spiro atoms. The molecule has 0 saturated carbocycles. The van der Waals surface area contributed by atoms with Gasteiger partial charge in [-0.05, 0) is 54.1 Å². The summed E-state index contributed by atoms with van der Waals surface area (Å²) >= 11 is 6.19. The molecule has 1 fully saturated rings. The number of oxazole rings is 1. The van der Waals surface area contributed by atoms with E-state index in [4.69, 9.17) is 20.8 Å². The Bertz CT molecular complexity index is 1460. The topological polar surface area (TPSA) is 93.9 Å². The summed E-state index contributed by atoms with van der Waals surface area (Å²) in [6, 6.07) is 18.9. The van der Waals surface area contributed by atoms with Gasteiger partial charge in [-0.3, -0.25) is 4.79 Å². The zero-order chi connectivity index (χ0) is 26.6. The van der Waals surface area contributed by atoms with Gasteiger partial charge >= 0.3 is 5.97 Å². The number of carbonyl (C=O) groups is 2. The summed E-state index contributed by atoms with van der Waals surface area (Å²) in [5.74, 6) is -0.126. The molecule has 4 aromatic rings. The highest BCUT2D eigenvalue weighted by atomic mass is 35.5. The van der Waals surface area contributed by atoms with E-state index in [9.17, 15) is 14.0 Å². The van der Waals surface area contributed by atoms with Gasteiger partial charge in [-0.2, -0.15) is 4.98 Å². The fourth-order valence-corrected chi connectivity index (χ4v) is 4.59. The molecule has 5 rings (SSSR count). The van der Waals surface area contributed by atoms with Gasteiger partial charge in [-0.15, -0.1) is 0 Å². The van der Waals surface area contributed by atoms with Gasteiger partial charge in [0.2, 0.25) is 5.91 Å². The Morgan fingerprint density at radius 1 is 1.16 bits per heavy atom. The Labute approximate surface area is 223 Å². The van der Waals surface area contributed by atoms with Gasteiger partial charge in [0.25, 0.3) is 6.01 Å².